The van der Waals surface area contributed by atoms with Gasteiger partial charge in [0.25, 0.3) is 0 Å². The first-order valence-corrected chi connectivity index (χ1v) is 5.96. The van der Waals surface area contributed by atoms with Gasteiger partial charge in [-0.3, -0.25) is 4.79 Å². The quantitative estimate of drug-likeness (QED) is 0.778. The van der Waals surface area contributed by atoms with Crippen LogP contribution in [0, 0.1) is 0 Å². The highest BCUT2D eigenvalue weighted by molar-refractivity contribution is 5.87. The molecule has 3 heteroatoms. The molecule has 17 heavy (non-hydrogen) atoms. The van der Waals surface area contributed by atoms with Crippen LogP contribution >= 0.6 is 0 Å². The number of amides is 1. The molecule has 0 fully saturated rings. The number of fused-ring (bicyclic) bond motifs is 1. The second kappa shape index (κ2) is 5.04. The molecular formula is C14H18N2O. The Morgan fingerprint density at radius 2 is 2.41 bits per heavy atom. The molecule has 1 aliphatic rings. The first-order chi connectivity index (χ1) is 8.20. The molecule has 2 N–H and O–H groups in total. The zero-order valence-corrected chi connectivity index (χ0v) is 10.1. The Hall–Kier alpha value is -1.77. The summed E-state index contributed by atoms with van der Waals surface area (Å²) >= 11 is 0. The standard InChI is InChI=1S/C14H18N2O/c1-3-6-10(2)15-14(17)13-9-11-7-4-5-8-12(11)16-13/h3-5,7-8,10,13,16H,1,6,9H2,2H3,(H,15,17). The van der Waals surface area contributed by atoms with Crippen LogP contribution in [-0.2, 0) is 11.2 Å². The molecule has 0 spiro atoms. The van der Waals surface area contributed by atoms with Crippen LogP contribution in [0.15, 0.2) is 36.9 Å². The van der Waals surface area contributed by atoms with Gasteiger partial charge in [0.2, 0.25) is 5.91 Å². The van der Waals surface area contributed by atoms with Crippen molar-refractivity contribution in [1.82, 2.24) is 5.32 Å². The Bertz CT molecular complexity index is 403. The fraction of sp³-hybridized carbons (Fsp3) is 0.357. The third-order valence-corrected chi connectivity index (χ3v) is 3.00. The van der Waals surface area contributed by atoms with E-state index in [4.69, 9.17) is 0 Å². The molecule has 0 radical (unpaired) electrons. The summed E-state index contributed by atoms with van der Waals surface area (Å²) in [6.45, 7) is 5.66. The average molecular weight is 230 g/mol. The molecule has 2 atom stereocenters. The van der Waals surface area contributed by atoms with E-state index >= 15 is 0 Å². The van der Waals surface area contributed by atoms with Gasteiger partial charge < -0.3 is 10.6 Å². The normalized spacial score (nSPS) is 19.0. The van der Waals surface area contributed by atoms with E-state index in [0.29, 0.717) is 0 Å². The molecule has 0 saturated heterocycles. The molecule has 0 aliphatic carbocycles. The Morgan fingerprint density at radius 1 is 1.65 bits per heavy atom. The summed E-state index contributed by atoms with van der Waals surface area (Å²) in [6.07, 6.45) is 3.38. The topological polar surface area (TPSA) is 41.1 Å². The van der Waals surface area contributed by atoms with Crippen LogP contribution in [0.4, 0.5) is 5.69 Å². The molecule has 1 aromatic rings. The van der Waals surface area contributed by atoms with Crippen molar-refractivity contribution in [3.05, 3.63) is 42.5 Å². The average Bonchev–Trinajstić information content (AvgIpc) is 2.72. The number of benzene rings is 1. The molecule has 0 aromatic heterocycles. The molecule has 0 saturated carbocycles. The van der Waals surface area contributed by atoms with Crippen molar-refractivity contribution in [1.29, 1.82) is 0 Å². The van der Waals surface area contributed by atoms with Crippen molar-refractivity contribution in [3.8, 4) is 0 Å². The van der Waals surface area contributed by atoms with Gasteiger partial charge in [0.05, 0.1) is 0 Å². The highest BCUT2D eigenvalue weighted by Gasteiger charge is 2.26. The number of carbonyl (C=O) groups excluding carboxylic acids is 1. The van der Waals surface area contributed by atoms with Gasteiger partial charge in [-0.15, -0.1) is 6.58 Å². The van der Waals surface area contributed by atoms with Crippen molar-refractivity contribution in [3.63, 3.8) is 0 Å². The van der Waals surface area contributed by atoms with Gasteiger partial charge in [0, 0.05) is 18.2 Å². The van der Waals surface area contributed by atoms with Gasteiger partial charge in [-0.1, -0.05) is 24.3 Å². The van der Waals surface area contributed by atoms with Crippen LogP contribution < -0.4 is 10.6 Å². The zero-order chi connectivity index (χ0) is 12.3. The SMILES string of the molecule is C=CCC(C)NC(=O)C1Cc2ccccc2N1. The van der Waals surface area contributed by atoms with Gasteiger partial charge in [-0.25, -0.2) is 0 Å². The molecule has 1 aliphatic heterocycles. The molecule has 1 aromatic carbocycles. The Kier molecular flexibility index (Phi) is 3.47. The summed E-state index contributed by atoms with van der Waals surface area (Å²) in [6, 6.07) is 8.05. The van der Waals surface area contributed by atoms with Crippen LogP contribution in [0.5, 0.6) is 0 Å². The summed E-state index contributed by atoms with van der Waals surface area (Å²) in [4.78, 5) is 12.0. The predicted molar refractivity (Wildman–Crippen MR) is 70.0 cm³/mol. The third kappa shape index (κ3) is 2.67. The molecular weight excluding hydrogens is 212 g/mol. The van der Waals surface area contributed by atoms with E-state index in [9.17, 15) is 4.79 Å². The smallest absolute Gasteiger partial charge is 0.243 e. The van der Waals surface area contributed by atoms with E-state index in [2.05, 4.69) is 23.3 Å². The maximum atomic E-state index is 12.0. The largest absolute Gasteiger partial charge is 0.373 e. The minimum atomic E-state index is -0.139. The molecule has 1 heterocycles. The molecule has 2 rings (SSSR count). The lowest BCUT2D eigenvalue weighted by atomic mass is 10.1. The van der Waals surface area contributed by atoms with Crippen LogP contribution in [0.3, 0.4) is 0 Å². The van der Waals surface area contributed by atoms with Crippen molar-refractivity contribution in [2.75, 3.05) is 5.32 Å². The van der Waals surface area contributed by atoms with Crippen molar-refractivity contribution in [2.24, 2.45) is 0 Å². The molecule has 0 bridgehead atoms. The van der Waals surface area contributed by atoms with E-state index in [-0.39, 0.29) is 18.0 Å². The van der Waals surface area contributed by atoms with Crippen molar-refractivity contribution >= 4 is 11.6 Å². The maximum Gasteiger partial charge on any atom is 0.243 e. The number of rotatable bonds is 4. The van der Waals surface area contributed by atoms with Gasteiger partial charge in [-0.05, 0) is 25.0 Å². The minimum Gasteiger partial charge on any atom is -0.373 e. The molecule has 90 valence electrons. The minimum absolute atomic E-state index is 0.0653. The van der Waals surface area contributed by atoms with Crippen LogP contribution in [0.1, 0.15) is 18.9 Å². The number of carbonyl (C=O) groups is 1. The Balaban J connectivity index is 1.94. The lowest BCUT2D eigenvalue weighted by molar-refractivity contribution is -0.122. The van der Waals surface area contributed by atoms with Crippen molar-refractivity contribution < 1.29 is 4.79 Å². The van der Waals surface area contributed by atoms with E-state index < -0.39 is 0 Å². The number of hydrogen-bond acceptors (Lipinski definition) is 2. The fourth-order valence-electron chi connectivity index (χ4n) is 2.11. The highest BCUT2D eigenvalue weighted by Crippen LogP contribution is 2.25. The monoisotopic (exact) mass is 230 g/mol. The maximum absolute atomic E-state index is 12.0. The summed E-state index contributed by atoms with van der Waals surface area (Å²) < 4.78 is 0. The number of anilines is 1. The first-order valence-electron chi connectivity index (χ1n) is 5.96. The molecule has 2 unspecified atom stereocenters. The first kappa shape index (κ1) is 11.7. The second-order valence-electron chi connectivity index (χ2n) is 4.49. The third-order valence-electron chi connectivity index (χ3n) is 3.00. The Morgan fingerprint density at radius 3 is 3.12 bits per heavy atom. The fourth-order valence-corrected chi connectivity index (χ4v) is 2.11. The van der Waals surface area contributed by atoms with E-state index in [1.54, 1.807) is 0 Å². The van der Waals surface area contributed by atoms with Gasteiger partial charge in [0.15, 0.2) is 0 Å². The summed E-state index contributed by atoms with van der Waals surface area (Å²) in [7, 11) is 0. The van der Waals surface area contributed by atoms with Gasteiger partial charge in [-0.2, -0.15) is 0 Å². The number of hydrogen-bond donors (Lipinski definition) is 2. The van der Waals surface area contributed by atoms with Crippen LogP contribution in [0.25, 0.3) is 0 Å². The van der Waals surface area contributed by atoms with Crippen molar-refractivity contribution in [2.45, 2.75) is 31.8 Å². The van der Waals surface area contributed by atoms with E-state index in [0.717, 1.165) is 18.5 Å². The van der Waals surface area contributed by atoms with Gasteiger partial charge in [0.1, 0.15) is 6.04 Å². The highest BCUT2D eigenvalue weighted by atomic mass is 16.2. The predicted octanol–water partition coefficient (Wildman–Crippen LogP) is 2.10. The van der Waals surface area contributed by atoms with Gasteiger partial charge >= 0.3 is 0 Å². The van der Waals surface area contributed by atoms with E-state index in [1.165, 1.54) is 5.56 Å². The lowest BCUT2D eigenvalue weighted by Crippen LogP contribution is -2.42. The Labute approximate surface area is 102 Å². The lowest BCUT2D eigenvalue weighted by Gasteiger charge is -2.16. The summed E-state index contributed by atoms with van der Waals surface area (Å²) in [5.41, 5.74) is 2.29. The van der Waals surface area contributed by atoms with E-state index in [1.807, 2.05) is 31.2 Å². The van der Waals surface area contributed by atoms with Crippen LogP contribution in [-0.4, -0.2) is 18.0 Å². The molecule has 3 nitrogen and oxygen atoms in total. The van der Waals surface area contributed by atoms with Crippen LogP contribution in [0.2, 0.25) is 0 Å². The summed E-state index contributed by atoms with van der Waals surface area (Å²) in [5, 5.41) is 6.23. The second-order valence-corrected chi connectivity index (χ2v) is 4.49. The summed E-state index contributed by atoms with van der Waals surface area (Å²) in [5.74, 6) is 0.0653. The molecule has 1 amide bonds. The number of para-hydroxylation sites is 1. The number of nitrogens with one attached hydrogen (secondary N) is 2. The zero-order valence-electron chi connectivity index (χ0n) is 10.1.